The van der Waals surface area contributed by atoms with Crippen molar-refractivity contribution in [2.75, 3.05) is 11.9 Å². The standard InChI is InChI=1S/C11H12F2N4OS/c1-3-4-14-9-7(12)5-8(13)10(15-9)19-11-17-16-6(2)18-11/h5H,3-4H2,1-2H3,(H,14,15). The summed E-state index contributed by atoms with van der Waals surface area (Å²) < 4.78 is 32.2. The number of aromatic nitrogens is 3. The van der Waals surface area contributed by atoms with E-state index in [1.807, 2.05) is 6.92 Å². The number of nitrogens with one attached hydrogen (secondary N) is 1. The van der Waals surface area contributed by atoms with Crippen molar-refractivity contribution in [3.63, 3.8) is 0 Å². The van der Waals surface area contributed by atoms with E-state index in [0.29, 0.717) is 12.4 Å². The second-order valence-electron chi connectivity index (χ2n) is 3.72. The first kappa shape index (κ1) is 13.7. The molecule has 102 valence electrons. The van der Waals surface area contributed by atoms with Crippen LogP contribution in [0.15, 0.2) is 20.7 Å². The first-order valence-electron chi connectivity index (χ1n) is 5.68. The molecule has 2 heterocycles. The minimum Gasteiger partial charge on any atom is -0.416 e. The summed E-state index contributed by atoms with van der Waals surface area (Å²) in [7, 11) is 0. The summed E-state index contributed by atoms with van der Waals surface area (Å²) in [6, 6.07) is 0.788. The third-order valence-electron chi connectivity index (χ3n) is 2.13. The molecule has 2 aromatic rings. The van der Waals surface area contributed by atoms with Crippen LogP contribution in [0.5, 0.6) is 0 Å². The maximum absolute atomic E-state index is 13.6. The van der Waals surface area contributed by atoms with Crippen molar-refractivity contribution in [3.8, 4) is 0 Å². The van der Waals surface area contributed by atoms with Gasteiger partial charge in [-0.05, 0) is 18.2 Å². The van der Waals surface area contributed by atoms with Gasteiger partial charge in [0.25, 0.3) is 5.22 Å². The molecule has 1 N–H and O–H groups in total. The lowest BCUT2D eigenvalue weighted by atomic mass is 10.4. The van der Waals surface area contributed by atoms with E-state index in [9.17, 15) is 8.78 Å². The largest absolute Gasteiger partial charge is 0.416 e. The van der Waals surface area contributed by atoms with Crippen molar-refractivity contribution < 1.29 is 13.2 Å². The summed E-state index contributed by atoms with van der Waals surface area (Å²) in [6.07, 6.45) is 0.809. The van der Waals surface area contributed by atoms with Gasteiger partial charge in [0.1, 0.15) is 5.03 Å². The molecule has 8 heteroatoms. The van der Waals surface area contributed by atoms with Crippen molar-refractivity contribution in [1.82, 2.24) is 15.2 Å². The van der Waals surface area contributed by atoms with Crippen LogP contribution in [-0.4, -0.2) is 21.7 Å². The van der Waals surface area contributed by atoms with Gasteiger partial charge in [0.2, 0.25) is 5.89 Å². The predicted molar refractivity (Wildman–Crippen MR) is 66.1 cm³/mol. The molecule has 0 fully saturated rings. The molecule has 2 aromatic heterocycles. The highest BCUT2D eigenvalue weighted by atomic mass is 32.2. The van der Waals surface area contributed by atoms with Gasteiger partial charge < -0.3 is 9.73 Å². The maximum atomic E-state index is 13.6. The van der Waals surface area contributed by atoms with Gasteiger partial charge in [-0.1, -0.05) is 6.92 Å². The minimum atomic E-state index is -0.764. The summed E-state index contributed by atoms with van der Waals surface area (Å²) >= 11 is 0.858. The molecule has 19 heavy (non-hydrogen) atoms. The third-order valence-corrected chi connectivity index (χ3v) is 2.95. The Hall–Kier alpha value is -1.70. The number of nitrogens with zero attached hydrogens (tertiary/aromatic N) is 3. The summed E-state index contributed by atoms with van der Waals surface area (Å²) in [5.74, 6) is -1.10. The normalized spacial score (nSPS) is 10.7. The van der Waals surface area contributed by atoms with Crippen LogP contribution in [-0.2, 0) is 0 Å². The zero-order valence-electron chi connectivity index (χ0n) is 10.4. The summed E-state index contributed by atoms with van der Waals surface area (Å²) in [5.41, 5.74) is 0. The fraction of sp³-hybridized carbons (Fsp3) is 0.364. The maximum Gasteiger partial charge on any atom is 0.283 e. The number of halogens is 2. The molecule has 0 spiro atoms. The molecule has 0 aliphatic heterocycles. The van der Waals surface area contributed by atoms with Crippen molar-refractivity contribution in [2.24, 2.45) is 0 Å². The summed E-state index contributed by atoms with van der Waals surface area (Å²) in [4.78, 5) is 3.89. The second kappa shape index (κ2) is 5.96. The van der Waals surface area contributed by atoms with E-state index in [1.165, 1.54) is 0 Å². The smallest absolute Gasteiger partial charge is 0.283 e. The Morgan fingerprint density at radius 2 is 2.11 bits per heavy atom. The van der Waals surface area contributed by atoms with Crippen LogP contribution in [0.25, 0.3) is 0 Å². The molecule has 0 aliphatic carbocycles. The predicted octanol–water partition coefficient (Wildman–Crippen LogP) is 3.02. The van der Waals surface area contributed by atoms with E-state index in [1.54, 1.807) is 6.92 Å². The molecule has 0 amide bonds. The molecular weight excluding hydrogens is 274 g/mol. The molecule has 0 radical (unpaired) electrons. The van der Waals surface area contributed by atoms with E-state index in [-0.39, 0.29) is 16.1 Å². The lowest BCUT2D eigenvalue weighted by Gasteiger charge is -2.07. The van der Waals surface area contributed by atoms with Gasteiger partial charge in [0.15, 0.2) is 17.5 Å². The quantitative estimate of drug-likeness (QED) is 0.911. The average molecular weight is 286 g/mol. The van der Waals surface area contributed by atoms with Gasteiger partial charge in [-0.3, -0.25) is 0 Å². The highest BCUT2D eigenvalue weighted by molar-refractivity contribution is 7.99. The number of rotatable bonds is 5. The first-order valence-corrected chi connectivity index (χ1v) is 6.49. The first-order chi connectivity index (χ1) is 9.10. The number of anilines is 1. The molecular formula is C11H12F2N4OS. The van der Waals surface area contributed by atoms with Gasteiger partial charge in [-0.25, -0.2) is 13.8 Å². The lowest BCUT2D eigenvalue weighted by molar-refractivity contribution is 0.428. The van der Waals surface area contributed by atoms with Crippen molar-refractivity contribution in [1.29, 1.82) is 0 Å². The number of pyridine rings is 1. The monoisotopic (exact) mass is 286 g/mol. The zero-order chi connectivity index (χ0) is 13.8. The highest BCUT2D eigenvalue weighted by Gasteiger charge is 2.15. The lowest BCUT2D eigenvalue weighted by Crippen LogP contribution is -2.06. The minimum absolute atomic E-state index is 0.0105. The fourth-order valence-corrected chi connectivity index (χ4v) is 1.99. The van der Waals surface area contributed by atoms with Crippen LogP contribution in [0.3, 0.4) is 0 Å². The van der Waals surface area contributed by atoms with Gasteiger partial charge in [0.05, 0.1) is 0 Å². The van der Waals surface area contributed by atoms with E-state index < -0.39 is 11.6 Å². The third kappa shape index (κ3) is 3.40. The molecule has 0 atom stereocenters. The molecule has 5 nitrogen and oxygen atoms in total. The van der Waals surface area contributed by atoms with Gasteiger partial charge in [-0.15, -0.1) is 10.2 Å². The summed E-state index contributed by atoms with van der Waals surface area (Å²) in [6.45, 7) is 4.12. The van der Waals surface area contributed by atoms with Crippen LogP contribution < -0.4 is 5.32 Å². The average Bonchev–Trinajstić information content (AvgIpc) is 2.77. The van der Waals surface area contributed by atoms with E-state index in [4.69, 9.17) is 4.42 Å². The van der Waals surface area contributed by atoms with Crippen LogP contribution in [0.1, 0.15) is 19.2 Å². The fourth-order valence-electron chi connectivity index (χ4n) is 1.29. The highest BCUT2D eigenvalue weighted by Crippen LogP contribution is 2.29. The Bertz CT molecular complexity index is 576. The number of aryl methyl sites for hydroxylation is 1. The Balaban J connectivity index is 2.24. The summed E-state index contributed by atoms with van der Waals surface area (Å²) in [5, 5.41) is 10.3. The molecule has 0 bridgehead atoms. The van der Waals surface area contributed by atoms with Crippen LogP contribution in [0, 0.1) is 18.6 Å². The molecule has 0 unspecified atom stereocenters. The van der Waals surface area contributed by atoms with Gasteiger partial charge in [0, 0.05) is 19.5 Å². The molecule has 2 rings (SSSR count). The van der Waals surface area contributed by atoms with E-state index in [2.05, 4.69) is 20.5 Å². The van der Waals surface area contributed by atoms with E-state index in [0.717, 1.165) is 24.2 Å². The molecule has 0 aliphatic rings. The number of hydrogen-bond donors (Lipinski definition) is 1. The van der Waals surface area contributed by atoms with E-state index >= 15 is 0 Å². The topological polar surface area (TPSA) is 63.8 Å². The molecule has 0 saturated carbocycles. The van der Waals surface area contributed by atoms with Crippen molar-refractivity contribution in [3.05, 3.63) is 23.6 Å². The van der Waals surface area contributed by atoms with Crippen molar-refractivity contribution in [2.45, 2.75) is 30.5 Å². The SMILES string of the molecule is CCCNc1nc(Sc2nnc(C)o2)c(F)cc1F. The Morgan fingerprint density at radius 1 is 1.32 bits per heavy atom. The van der Waals surface area contributed by atoms with Crippen LogP contribution in [0.2, 0.25) is 0 Å². The zero-order valence-corrected chi connectivity index (χ0v) is 11.2. The van der Waals surface area contributed by atoms with Gasteiger partial charge >= 0.3 is 0 Å². The van der Waals surface area contributed by atoms with Crippen molar-refractivity contribution >= 4 is 17.6 Å². The molecule has 0 aromatic carbocycles. The Kier molecular flexibility index (Phi) is 4.31. The number of hydrogen-bond acceptors (Lipinski definition) is 6. The molecule has 0 saturated heterocycles. The second-order valence-corrected chi connectivity index (χ2v) is 4.66. The van der Waals surface area contributed by atoms with Gasteiger partial charge in [-0.2, -0.15) is 0 Å². The van der Waals surface area contributed by atoms with Crippen LogP contribution >= 0.6 is 11.8 Å². The Morgan fingerprint density at radius 3 is 2.74 bits per heavy atom. The Labute approximate surface area is 112 Å². The van der Waals surface area contributed by atoms with Crippen LogP contribution in [0.4, 0.5) is 14.6 Å².